The molecule has 13 heavy (non-hydrogen) atoms. The highest BCUT2D eigenvalue weighted by Gasteiger charge is 2.09. The molecule has 2 N–H and O–H groups in total. The van der Waals surface area contributed by atoms with Gasteiger partial charge >= 0.3 is 6.61 Å². The molecule has 0 saturated heterocycles. The Bertz CT molecular complexity index is 291. The lowest BCUT2D eigenvalue weighted by Crippen LogP contribution is -2.03. The molecular formula is C8H8F3NO. The summed E-state index contributed by atoms with van der Waals surface area (Å²) in [6.45, 7) is -1.45. The van der Waals surface area contributed by atoms with Gasteiger partial charge in [0.1, 0.15) is 11.6 Å². The summed E-state index contributed by atoms with van der Waals surface area (Å²) >= 11 is 0. The molecule has 0 aliphatic heterocycles. The van der Waals surface area contributed by atoms with Gasteiger partial charge < -0.3 is 10.5 Å². The second-order valence-corrected chi connectivity index (χ2v) is 2.51. The van der Waals surface area contributed by atoms with Crippen LogP contribution >= 0.6 is 0 Å². The molecule has 0 aliphatic rings. The second kappa shape index (κ2) is 3.55. The molecule has 0 amide bonds. The van der Waals surface area contributed by atoms with Crippen molar-refractivity contribution in [2.24, 2.45) is 0 Å². The number of halogens is 3. The molecule has 0 radical (unpaired) electrons. The maximum Gasteiger partial charge on any atom is 0.387 e. The highest BCUT2D eigenvalue weighted by atomic mass is 19.3. The van der Waals surface area contributed by atoms with Gasteiger partial charge in [0.05, 0.1) is 5.69 Å². The van der Waals surface area contributed by atoms with Crippen LogP contribution in [0.4, 0.5) is 18.9 Å². The number of anilines is 1. The molecule has 0 saturated carbocycles. The third-order valence-electron chi connectivity index (χ3n) is 1.54. The lowest BCUT2D eigenvalue weighted by atomic mass is 10.2. The number of nitrogens with two attached hydrogens (primary N) is 1. The molecule has 72 valence electrons. The van der Waals surface area contributed by atoms with Crippen LogP contribution < -0.4 is 10.5 Å². The number of benzene rings is 1. The highest BCUT2D eigenvalue weighted by Crippen LogP contribution is 2.23. The quantitative estimate of drug-likeness (QED) is 0.728. The molecule has 1 aromatic rings. The zero-order chi connectivity index (χ0) is 10.0. The maximum atomic E-state index is 12.8. The number of hydrogen-bond donors (Lipinski definition) is 1. The first kappa shape index (κ1) is 9.70. The van der Waals surface area contributed by atoms with Crippen LogP contribution in [0, 0.1) is 12.7 Å². The van der Waals surface area contributed by atoms with Crippen molar-refractivity contribution >= 4 is 5.69 Å². The molecule has 1 aromatic carbocycles. The van der Waals surface area contributed by atoms with Gasteiger partial charge in [0, 0.05) is 6.07 Å². The molecule has 0 atom stereocenters. The fourth-order valence-corrected chi connectivity index (χ4v) is 0.895. The normalized spacial score (nSPS) is 10.5. The Morgan fingerprint density at radius 1 is 1.38 bits per heavy atom. The average Bonchev–Trinajstić information content (AvgIpc) is 1.98. The Balaban J connectivity index is 2.99. The van der Waals surface area contributed by atoms with E-state index in [0.29, 0.717) is 5.56 Å². The van der Waals surface area contributed by atoms with E-state index in [1.807, 2.05) is 0 Å². The SMILES string of the molecule is Cc1cc(OC(F)F)cc(F)c1N. The first-order chi connectivity index (χ1) is 6.00. The standard InChI is InChI=1S/C8H8F3NO/c1-4-2-5(13-8(10)11)3-6(9)7(4)12/h2-3,8H,12H2,1H3. The largest absolute Gasteiger partial charge is 0.435 e. The van der Waals surface area contributed by atoms with Gasteiger partial charge in [0.15, 0.2) is 0 Å². The number of hydrogen-bond acceptors (Lipinski definition) is 2. The molecular weight excluding hydrogens is 183 g/mol. The third-order valence-corrected chi connectivity index (χ3v) is 1.54. The van der Waals surface area contributed by atoms with Gasteiger partial charge in [-0.15, -0.1) is 0 Å². The van der Waals surface area contributed by atoms with Crippen molar-refractivity contribution in [3.05, 3.63) is 23.5 Å². The Morgan fingerprint density at radius 3 is 2.46 bits per heavy atom. The van der Waals surface area contributed by atoms with Gasteiger partial charge in [-0.3, -0.25) is 0 Å². The predicted molar refractivity (Wildman–Crippen MR) is 42.2 cm³/mol. The van der Waals surface area contributed by atoms with E-state index in [1.165, 1.54) is 13.0 Å². The number of alkyl halides is 2. The van der Waals surface area contributed by atoms with Gasteiger partial charge in [-0.1, -0.05) is 0 Å². The lowest BCUT2D eigenvalue weighted by molar-refractivity contribution is -0.0500. The van der Waals surface area contributed by atoms with Crippen molar-refractivity contribution in [2.75, 3.05) is 5.73 Å². The summed E-state index contributed by atoms with van der Waals surface area (Å²) in [6, 6.07) is 2.08. The third kappa shape index (κ3) is 2.27. The molecule has 2 nitrogen and oxygen atoms in total. The van der Waals surface area contributed by atoms with Crippen molar-refractivity contribution in [2.45, 2.75) is 13.5 Å². The van der Waals surface area contributed by atoms with E-state index in [2.05, 4.69) is 4.74 Å². The summed E-state index contributed by atoms with van der Waals surface area (Å²) in [5.74, 6) is -0.977. The molecule has 0 heterocycles. The van der Waals surface area contributed by atoms with E-state index in [9.17, 15) is 13.2 Å². The lowest BCUT2D eigenvalue weighted by Gasteiger charge is -2.07. The maximum absolute atomic E-state index is 12.8. The smallest absolute Gasteiger partial charge is 0.387 e. The summed E-state index contributed by atoms with van der Waals surface area (Å²) in [7, 11) is 0. The van der Waals surface area contributed by atoms with E-state index in [1.54, 1.807) is 0 Å². The predicted octanol–water partition coefficient (Wildman–Crippen LogP) is 2.32. The second-order valence-electron chi connectivity index (χ2n) is 2.51. The topological polar surface area (TPSA) is 35.2 Å². The molecule has 0 fully saturated rings. The van der Waals surface area contributed by atoms with Gasteiger partial charge in [0.2, 0.25) is 0 Å². The Morgan fingerprint density at radius 2 is 2.00 bits per heavy atom. The van der Waals surface area contributed by atoms with Crippen LogP contribution in [-0.2, 0) is 0 Å². The van der Waals surface area contributed by atoms with Crippen LogP contribution in [0.5, 0.6) is 5.75 Å². The van der Waals surface area contributed by atoms with Crippen molar-refractivity contribution in [3.63, 3.8) is 0 Å². The average molecular weight is 191 g/mol. The van der Waals surface area contributed by atoms with Crippen LogP contribution in [-0.4, -0.2) is 6.61 Å². The first-order valence-electron chi connectivity index (χ1n) is 3.51. The van der Waals surface area contributed by atoms with E-state index >= 15 is 0 Å². The van der Waals surface area contributed by atoms with Gasteiger partial charge in [-0.05, 0) is 18.6 Å². The van der Waals surface area contributed by atoms with Crippen molar-refractivity contribution in [1.29, 1.82) is 0 Å². The zero-order valence-corrected chi connectivity index (χ0v) is 6.85. The number of aryl methyl sites for hydroxylation is 1. The molecule has 0 spiro atoms. The highest BCUT2D eigenvalue weighted by molar-refractivity contribution is 5.51. The van der Waals surface area contributed by atoms with Gasteiger partial charge in [-0.25, -0.2) is 4.39 Å². The minimum atomic E-state index is -2.96. The summed E-state index contributed by atoms with van der Waals surface area (Å²) in [4.78, 5) is 0. The summed E-state index contributed by atoms with van der Waals surface area (Å²) in [5.41, 5.74) is 5.58. The zero-order valence-electron chi connectivity index (χ0n) is 6.85. The fraction of sp³-hybridized carbons (Fsp3) is 0.250. The van der Waals surface area contributed by atoms with Crippen LogP contribution in [0.3, 0.4) is 0 Å². The van der Waals surface area contributed by atoms with Crippen molar-refractivity contribution < 1.29 is 17.9 Å². The molecule has 5 heteroatoms. The number of nitrogen functional groups attached to an aromatic ring is 1. The van der Waals surface area contributed by atoms with E-state index in [4.69, 9.17) is 5.73 Å². The monoisotopic (exact) mass is 191 g/mol. The van der Waals surface area contributed by atoms with E-state index in [0.717, 1.165) is 6.07 Å². The minimum absolute atomic E-state index is 0.0541. The summed E-state index contributed by atoms with van der Waals surface area (Å²) in [6.07, 6.45) is 0. The van der Waals surface area contributed by atoms with Crippen molar-refractivity contribution in [1.82, 2.24) is 0 Å². The van der Waals surface area contributed by atoms with Gasteiger partial charge in [-0.2, -0.15) is 8.78 Å². The van der Waals surface area contributed by atoms with E-state index < -0.39 is 12.4 Å². The van der Waals surface area contributed by atoms with Crippen LogP contribution in [0.2, 0.25) is 0 Å². The molecule has 0 bridgehead atoms. The first-order valence-corrected chi connectivity index (χ1v) is 3.51. The number of ether oxygens (including phenoxy) is 1. The van der Waals surface area contributed by atoms with Gasteiger partial charge in [0.25, 0.3) is 0 Å². The molecule has 1 rings (SSSR count). The fourth-order valence-electron chi connectivity index (χ4n) is 0.895. The number of rotatable bonds is 2. The van der Waals surface area contributed by atoms with Crippen LogP contribution in [0.15, 0.2) is 12.1 Å². The van der Waals surface area contributed by atoms with E-state index in [-0.39, 0.29) is 11.4 Å². The summed E-state index contributed by atoms with van der Waals surface area (Å²) < 4.78 is 40.3. The van der Waals surface area contributed by atoms with Crippen molar-refractivity contribution in [3.8, 4) is 5.75 Å². The Hall–Kier alpha value is -1.39. The molecule has 0 aliphatic carbocycles. The summed E-state index contributed by atoms with van der Waals surface area (Å²) in [5, 5.41) is 0. The Labute approximate surface area is 73.1 Å². The Kier molecular flexibility index (Phi) is 2.65. The molecule has 0 aromatic heterocycles. The van der Waals surface area contributed by atoms with Crippen LogP contribution in [0.1, 0.15) is 5.56 Å². The molecule has 0 unspecified atom stereocenters. The van der Waals surface area contributed by atoms with Crippen LogP contribution in [0.25, 0.3) is 0 Å². The minimum Gasteiger partial charge on any atom is -0.435 e.